The topological polar surface area (TPSA) is 122 Å². The van der Waals surface area contributed by atoms with E-state index in [1.54, 1.807) is 4.90 Å². The fourth-order valence-electron chi connectivity index (χ4n) is 5.13. The Balaban J connectivity index is 1.77. The van der Waals surface area contributed by atoms with Crippen molar-refractivity contribution >= 4 is 29.7 Å². The number of hydrogen-bond donors (Lipinski definition) is 1. The molecule has 0 radical (unpaired) electrons. The molecule has 0 aromatic heterocycles. The van der Waals surface area contributed by atoms with Gasteiger partial charge in [0.05, 0.1) is 24.2 Å². The lowest BCUT2D eigenvalue weighted by atomic mass is 9.87. The number of benzene rings is 1. The standard InChI is InChI=1S/C25H29N3O7/c1-15(29)34-13-21(31)27-12-19-23(25(27)33)24(17-8-4-3-5-9-17)28(22(32)14-35-16(2)30)20-11-7-6-10-18(20)26-19/h3-5,8-9,18,20,24,26H,6-7,10-14H2,1-2H3/t18?,20-,24?/m1/s1. The second-order valence-electron chi connectivity index (χ2n) is 8.95. The Kier molecular flexibility index (Phi) is 7.18. The molecule has 186 valence electrons. The predicted molar refractivity (Wildman–Crippen MR) is 122 cm³/mol. The summed E-state index contributed by atoms with van der Waals surface area (Å²) in [7, 11) is 0. The molecule has 1 aromatic carbocycles. The first-order chi connectivity index (χ1) is 16.8. The Labute approximate surface area is 203 Å². The van der Waals surface area contributed by atoms with E-state index in [-0.39, 0.29) is 18.6 Å². The minimum Gasteiger partial charge on any atom is -0.456 e. The van der Waals surface area contributed by atoms with Gasteiger partial charge in [-0.3, -0.25) is 28.9 Å². The smallest absolute Gasteiger partial charge is 0.303 e. The fourth-order valence-corrected chi connectivity index (χ4v) is 5.13. The molecule has 3 atom stereocenters. The Morgan fingerprint density at radius 1 is 0.943 bits per heavy atom. The van der Waals surface area contributed by atoms with Gasteiger partial charge in [-0.05, 0) is 18.4 Å². The van der Waals surface area contributed by atoms with Crippen LogP contribution in [-0.4, -0.2) is 71.3 Å². The van der Waals surface area contributed by atoms with Gasteiger partial charge in [0.15, 0.2) is 13.2 Å². The van der Waals surface area contributed by atoms with Crippen molar-refractivity contribution in [3.05, 3.63) is 47.2 Å². The van der Waals surface area contributed by atoms with Gasteiger partial charge in [-0.15, -0.1) is 0 Å². The van der Waals surface area contributed by atoms with Crippen LogP contribution in [0.4, 0.5) is 0 Å². The molecule has 3 aliphatic rings. The molecule has 35 heavy (non-hydrogen) atoms. The van der Waals surface area contributed by atoms with E-state index in [4.69, 9.17) is 9.47 Å². The molecular formula is C25H29N3O7. The van der Waals surface area contributed by atoms with E-state index in [1.807, 2.05) is 30.3 Å². The van der Waals surface area contributed by atoms with Crippen LogP contribution in [0.1, 0.15) is 51.1 Å². The maximum atomic E-state index is 13.6. The number of imide groups is 1. The second-order valence-corrected chi connectivity index (χ2v) is 8.95. The summed E-state index contributed by atoms with van der Waals surface area (Å²) in [6, 6.07) is 8.04. The second kappa shape index (κ2) is 10.3. The highest BCUT2D eigenvalue weighted by molar-refractivity contribution is 6.09. The summed E-state index contributed by atoms with van der Waals surface area (Å²) >= 11 is 0. The van der Waals surface area contributed by atoms with Gasteiger partial charge in [-0.25, -0.2) is 0 Å². The molecule has 1 fully saturated rings. The fraction of sp³-hybridized carbons (Fsp3) is 0.480. The van der Waals surface area contributed by atoms with Crippen LogP contribution in [0.25, 0.3) is 0 Å². The van der Waals surface area contributed by atoms with E-state index in [2.05, 4.69) is 5.32 Å². The zero-order chi connectivity index (χ0) is 25.1. The van der Waals surface area contributed by atoms with Crippen LogP contribution in [0.2, 0.25) is 0 Å². The zero-order valence-electron chi connectivity index (χ0n) is 19.8. The number of nitrogens with one attached hydrogen (secondary N) is 1. The van der Waals surface area contributed by atoms with E-state index in [0.29, 0.717) is 16.8 Å². The SMILES string of the molecule is CC(=O)OCC(=O)N1CC2=C(C1=O)C(c1ccccc1)N(C(=O)COC(C)=O)[C@@H]1CCCCC1N2. The number of carbonyl (C=O) groups excluding carboxylic acids is 5. The molecule has 1 N–H and O–H groups in total. The Morgan fingerprint density at radius 2 is 1.57 bits per heavy atom. The molecule has 3 amide bonds. The molecule has 2 aliphatic heterocycles. The number of carbonyl (C=O) groups is 5. The van der Waals surface area contributed by atoms with Crippen molar-refractivity contribution in [1.82, 2.24) is 15.1 Å². The lowest BCUT2D eigenvalue weighted by Crippen LogP contribution is -2.55. The first-order valence-electron chi connectivity index (χ1n) is 11.7. The predicted octanol–water partition coefficient (Wildman–Crippen LogP) is 1.22. The molecule has 1 aliphatic carbocycles. The molecule has 10 heteroatoms. The van der Waals surface area contributed by atoms with Crippen molar-refractivity contribution in [1.29, 1.82) is 0 Å². The molecule has 0 spiro atoms. The molecule has 1 saturated carbocycles. The normalized spacial score (nSPS) is 23.6. The van der Waals surface area contributed by atoms with Crippen LogP contribution in [-0.2, 0) is 33.4 Å². The highest BCUT2D eigenvalue weighted by atomic mass is 16.5. The number of esters is 2. The maximum absolute atomic E-state index is 13.6. The lowest BCUT2D eigenvalue weighted by molar-refractivity contribution is -0.154. The van der Waals surface area contributed by atoms with Gasteiger partial charge in [0.1, 0.15) is 0 Å². The largest absolute Gasteiger partial charge is 0.456 e. The van der Waals surface area contributed by atoms with Crippen molar-refractivity contribution in [2.45, 2.75) is 57.7 Å². The van der Waals surface area contributed by atoms with Crippen LogP contribution in [0.15, 0.2) is 41.6 Å². The maximum Gasteiger partial charge on any atom is 0.303 e. The van der Waals surface area contributed by atoms with E-state index < -0.39 is 48.9 Å². The monoisotopic (exact) mass is 483 g/mol. The van der Waals surface area contributed by atoms with Gasteiger partial charge in [0.2, 0.25) is 0 Å². The number of nitrogens with zero attached hydrogens (tertiary/aromatic N) is 2. The summed E-state index contributed by atoms with van der Waals surface area (Å²) in [4.78, 5) is 65.3. The van der Waals surface area contributed by atoms with E-state index >= 15 is 0 Å². The third kappa shape index (κ3) is 5.06. The van der Waals surface area contributed by atoms with Crippen LogP contribution in [0.5, 0.6) is 0 Å². The van der Waals surface area contributed by atoms with Crippen LogP contribution in [0.3, 0.4) is 0 Å². The quantitative estimate of drug-likeness (QED) is 0.621. The van der Waals surface area contributed by atoms with E-state index in [0.717, 1.165) is 30.6 Å². The Morgan fingerprint density at radius 3 is 2.23 bits per heavy atom. The van der Waals surface area contributed by atoms with Crippen LogP contribution in [0, 0.1) is 0 Å². The molecule has 1 aromatic rings. The van der Waals surface area contributed by atoms with Crippen molar-refractivity contribution in [3.63, 3.8) is 0 Å². The minimum absolute atomic E-state index is 0.00674. The lowest BCUT2D eigenvalue weighted by Gasteiger charge is -2.42. The summed E-state index contributed by atoms with van der Waals surface area (Å²) < 4.78 is 9.87. The van der Waals surface area contributed by atoms with Crippen molar-refractivity contribution < 1.29 is 33.4 Å². The van der Waals surface area contributed by atoms with Gasteiger partial charge in [-0.2, -0.15) is 0 Å². The van der Waals surface area contributed by atoms with E-state index in [1.165, 1.54) is 13.8 Å². The Hall–Kier alpha value is -3.69. The third-order valence-corrected chi connectivity index (χ3v) is 6.62. The number of rotatable bonds is 5. The van der Waals surface area contributed by atoms with Gasteiger partial charge in [0, 0.05) is 25.6 Å². The van der Waals surface area contributed by atoms with Gasteiger partial charge in [-0.1, -0.05) is 43.2 Å². The van der Waals surface area contributed by atoms with Crippen molar-refractivity contribution in [2.75, 3.05) is 19.8 Å². The molecule has 2 unspecified atom stereocenters. The summed E-state index contributed by atoms with van der Waals surface area (Å²) in [6.07, 6.45) is 3.40. The molecule has 10 nitrogen and oxygen atoms in total. The average molecular weight is 484 g/mol. The number of fused-ring (bicyclic) bond motifs is 1. The molecule has 0 saturated heterocycles. The molecule has 4 rings (SSSR count). The minimum atomic E-state index is -0.770. The van der Waals surface area contributed by atoms with Gasteiger partial charge in [0.25, 0.3) is 17.7 Å². The van der Waals surface area contributed by atoms with Crippen LogP contribution < -0.4 is 5.32 Å². The summed E-state index contributed by atoms with van der Waals surface area (Å²) in [5, 5.41) is 3.46. The van der Waals surface area contributed by atoms with Gasteiger partial charge >= 0.3 is 11.9 Å². The molecule has 0 bridgehead atoms. The first kappa shape index (κ1) is 24.4. The number of amides is 3. The van der Waals surface area contributed by atoms with Crippen LogP contribution >= 0.6 is 0 Å². The van der Waals surface area contributed by atoms with E-state index in [9.17, 15) is 24.0 Å². The van der Waals surface area contributed by atoms with Crippen molar-refractivity contribution in [2.24, 2.45) is 0 Å². The Bertz CT molecular complexity index is 1070. The average Bonchev–Trinajstić information content (AvgIpc) is 3.07. The third-order valence-electron chi connectivity index (χ3n) is 6.62. The highest BCUT2D eigenvalue weighted by Gasteiger charge is 2.49. The highest BCUT2D eigenvalue weighted by Crippen LogP contribution is 2.42. The van der Waals surface area contributed by atoms with Gasteiger partial charge < -0.3 is 19.7 Å². The van der Waals surface area contributed by atoms with Crippen molar-refractivity contribution in [3.8, 4) is 0 Å². The zero-order valence-corrected chi connectivity index (χ0v) is 19.8. The number of hydrogen-bond acceptors (Lipinski definition) is 8. The summed E-state index contributed by atoms with van der Waals surface area (Å²) in [6.45, 7) is 1.46. The first-order valence-corrected chi connectivity index (χ1v) is 11.7. The number of ether oxygens (including phenoxy) is 2. The summed E-state index contributed by atoms with van der Waals surface area (Å²) in [5.74, 6) is -2.76. The molecular weight excluding hydrogens is 454 g/mol. The summed E-state index contributed by atoms with van der Waals surface area (Å²) in [5.41, 5.74) is 1.60. The molecule has 2 heterocycles.